The van der Waals surface area contributed by atoms with Gasteiger partial charge in [0.1, 0.15) is 0 Å². The number of hydrogen-bond acceptors (Lipinski definition) is 2. The highest BCUT2D eigenvalue weighted by Crippen LogP contribution is 2.42. The topological polar surface area (TPSA) is 22.8 Å². The van der Waals surface area contributed by atoms with Crippen LogP contribution in [0.2, 0.25) is 0 Å². The van der Waals surface area contributed by atoms with E-state index in [9.17, 15) is 0 Å². The van der Waals surface area contributed by atoms with Gasteiger partial charge in [-0.25, -0.2) is 4.98 Å². The first-order valence-electron chi connectivity index (χ1n) is 15.9. The second-order valence-corrected chi connectivity index (χ2v) is 13.1. The Bertz CT molecular complexity index is 2730. The van der Waals surface area contributed by atoms with Gasteiger partial charge in [-0.2, -0.15) is 0 Å². The Labute approximate surface area is 275 Å². The molecule has 4 heteroatoms. The highest BCUT2D eigenvalue weighted by Gasteiger charge is 2.21. The van der Waals surface area contributed by atoms with E-state index in [0.29, 0.717) is 0 Å². The molecule has 47 heavy (non-hydrogen) atoms. The van der Waals surface area contributed by atoms with Crippen molar-refractivity contribution in [3.63, 3.8) is 0 Å². The first kappa shape index (κ1) is 26.3. The zero-order valence-corrected chi connectivity index (χ0v) is 26.2. The van der Waals surface area contributed by atoms with Crippen molar-refractivity contribution in [3.8, 4) is 32.5 Å². The Kier molecular flexibility index (Phi) is 5.74. The molecule has 220 valence electrons. The Morgan fingerprint density at radius 1 is 0.383 bits per heavy atom. The molecule has 0 amide bonds. The van der Waals surface area contributed by atoms with Gasteiger partial charge in [-0.15, -0.1) is 11.3 Å². The second-order valence-electron chi connectivity index (χ2n) is 12.0. The molecule has 10 rings (SSSR count). The summed E-state index contributed by atoms with van der Waals surface area (Å²) in [5, 5.41) is 7.41. The molecule has 0 fully saturated rings. The minimum atomic E-state index is 0.964. The van der Waals surface area contributed by atoms with E-state index in [-0.39, 0.29) is 0 Å². The standard InChI is InChI=1S/C43H27N3S/c1-2-12-29(13-3-1)46-42-36-19-7-5-15-32(36)31-14-4-6-18-35(31)41(42)44-43(46)40-27-26-39(47-40)28-22-24-30(25-23-28)45-37-20-10-8-16-33(37)34-17-9-11-21-38(34)45/h1-27H. The predicted molar refractivity (Wildman–Crippen MR) is 199 cm³/mol. The predicted octanol–water partition coefficient (Wildman–Crippen LogP) is 11.8. The molecule has 0 atom stereocenters. The molecule has 3 nitrogen and oxygen atoms in total. The van der Waals surface area contributed by atoms with Gasteiger partial charge >= 0.3 is 0 Å². The lowest BCUT2D eigenvalue weighted by molar-refractivity contribution is 1.11. The largest absolute Gasteiger partial charge is 0.309 e. The van der Waals surface area contributed by atoms with Crippen molar-refractivity contribution in [3.05, 3.63) is 164 Å². The second kappa shape index (κ2) is 10.3. The number of nitrogens with zero attached hydrogens (tertiary/aromatic N) is 3. The third-order valence-corrected chi connectivity index (χ3v) is 10.5. The maximum Gasteiger partial charge on any atom is 0.155 e. The van der Waals surface area contributed by atoms with Crippen molar-refractivity contribution in [2.24, 2.45) is 0 Å². The molecule has 0 aliphatic rings. The van der Waals surface area contributed by atoms with E-state index < -0.39 is 0 Å². The summed E-state index contributed by atoms with van der Waals surface area (Å²) in [6.45, 7) is 0. The summed E-state index contributed by atoms with van der Waals surface area (Å²) in [7, 11) is 0. The van der Waals surface area contributed by atoms with Gasteiger partial charge < -0.3 is 4.57 Å². The zero-order chi connectivity index (χ0) is 30.9. The van der Waals surface area contributed by atoms with Crippen molar-refractivity contribution < 1.29 is 0 Å². The summed E-state index contributed by atoms with van der Waals surface area (Å²) in [6, 6.07) is 58.8. The van der Waals surface area contributed by atoms with Crippen LogP contribution in [0.5, 0.6) is 0 Å². The van der Waals surface area contributed by atoms with E-state index in [1.54, 1.807) is 11.3 Å². The Morgan fingerprint density at radius 2 is 0.894 bits per heavy atom. The number of imidazole rings is 1. The lowest BCUT2D eigenvalue weighted by atomic mass is 10.00. The first-order chi connectivity index (χ1) is 23.3. The molecule has 0 spiro atoms. The van der Waals surface area contributed by atoms with Crippen LogP contribution in [-0.2, 0) is 0 Å². The van der Waals surface area contributed by atoms with Gasteiger partial charge in [-0.1, -0.05) is 115 Å². The van der Waals surface area contributed by atoms with Crippen LogP contribution in [0.1, 0.15) is 0 Å². The van der Waals surface area contributed by atoms with Gasteiger partial charge in [0.2, 0.25) is 0 Å². The Balaban J connectivity index is 1.14. The molecule has 0 radical (unpaired) electrons. The number of thiophene rings is 1. The number of benzene rings is 7. The summed E-state index contributed by atoms with van der Waals surface area (Å²) < 4.78 is 4.72. The number of aromatic nitrogens is 3. The normalized spacial score (nSPS) is 11.8. The van der Waals surface area contributed by atoms with Gasteiger partial charge in [0.15, 0.2) is 5.82 Å². The summed E-state index contributed by atoms with van der Waals surface area (Å²) in [5.74, 6) is 0.964. The summed E-state index contributed by atoms with van der Waals surface area (Å²) >= 11 is 1.79. The van der Waals surface area contributed by atoms with Crippen LogP contribution in [0.15, 0.2) is 164 Å². The molecule has 0 saturated carbocycles. The van der Waals surface area contributed by atoms with Crippen LogP contribution < -0.4 is 0 Å². The fourth-order valence-corrected chi connectivity index (χ4v) is 8.28. The van der Waals surface area contributed by atoms with Crippen molar-refractivity contribution >= 4 is 65.7 Å². The van der Waals surface area contributed by atoms with E-state index in [1.165, 1.54) is 53.8 Å². The highest BCUT2D eigenvalue weighted by atomic mass is 32.1. The Hall–Kier alpha value is -5.97. The molecule has 0 aliphatic heterocycles. The lowest BCUT2D eigenvalue weighted by Gasteiger charge is -2.11. The van der Waals surface area contributed by atoms with Crippen LogP contribution in [0.4, 0.5) is 0 Å². The van der Waals surface area contributed by atoms with Gasteiger partial charge in [-0.05, 0) is 64.9 Å². The van der Waals surface area contributed by atoms with Gasteiger partial charge in [-0.3, -0.25) is 4.57 Å². The minimum absolute atomic E-state index is 0.964. The van der Waals surface area contributed by atoms with Crippen LogP contribution in [0.3, 0.4) is 0 Å². The molecule has 3 heterocycles. The molecular weight excluding hydrogens is 591 g/mol. The first-order valence-corrected chi connectivity index (χ1v) is 16.7. The van der Waals surface area contributed by atoms with Crippen LogP contribution in [-0.4, -0.2) is 14.1 Å². The minimum Gasteiger partial charge on any atom is -0.309 e. The van der Waals surface area contributed by atoms with E-state index >= 15 is 0 Å². The van der Waals surface area contributed by atoms with Crippen LogP contribution in [0.25, 0.3) is 86.9 Å². The molecule has 10 aromatic rings. The van der Waals surface area contributed by atoms with Crippen molar-refractivity contribution in [1.29, 1.82) is 0 Å². The lowest BCUT2D eigenvalue weighted by Crippen LogP contribution is -1.97. The molecular formula is C43H27N3S. The molecule has 0 N–H and O–H groups in total. The summed E-state index contributed by atoms with van der Waals surface area (Å²) in [5.41, 5.74) is 8.08. The number of para-hydroxylation sites is 3. The average Bonchev–Trinajstić information content (AvgIpc) is 3.87. The highest BCUT2D eigenvalue weighted by molar-refractivity contribution is 7.18. The van der Waals surface area contributed by atoms with Gasteiger partial charge in [0, 0.05) is 37.8 Å². The fraction of sp³-hybridized carbons (Fsp3) is 0. The van der Waals surface area contributed by atoms with E-state index in [1.807, 2.05) is 0 Å². The van der Waals surface area contributed by atoms with Crippen LogP contribution >= 0.6 is 11.3 Å². The van der Waals surface area contributed by atoms with E-state index in [4.69, 9.17) is 4.98 Å². The average molecular weight is 618 g/mol. The molecule has 0 aliphatic carbocycles. The van der Waals surface area contributed by atoms with Crippen LogP contribution in [0, 0.1) is 0 Å². The van der Waals surface area contributed by atoms with Gasteiger partial charge in [0.05, 0.1) is 26.9 Å². The fourth-order valence-electron chi connectivity index (χ4n) is 7.29. The van der Waals surface area contributed by atoms with Gasteiger partial charge in [0.25, 0.3) is 0 Å². The molecule has 0 unspecified atom stereocenters. The molecule has 3 aromatic heterocycles. The molecule has 0 saturated heterocycles. The van der Waals surface area contributed by atoms with E-state index in [0.717, 1.165) is 33.1 Å². The Morgan fingerprint density at radius 3 is 1.57 bits per heavy atom. The quantitative estimate of drug-likeness (QED) is 0.180. The summed E-state index contributed by atoms with van der Waals surface area (Å²) in [4.78, 5) is 7.78. The third-order valence-electron chi connectivity index (χ3n) is 9.36. The van der Waals surface area contributed by atoms with Crippen molar-refractivity contribution in [1.82, 2.24) is 14.1 Å². The number of hydrogen-bond donors (Lipinski definition) is 0. The third kappa shape index (κ3) is 3.95. The smallest absolute Gasteiger partial charge is 0.155 e. The maximum atomic E-state index is 5.42. The van der Waals surface area contributed by atoms with E-state index in [2.05, 4.69) is 173 Å². The molecule has 7 aromatic carbocycles. The maximum absolute atomic E-state index is 5.42. The summed E-state index contributed by atoms with van der Waals surface area (Å²) in [6.07, 6.45) is 0. The number of fused-ring (bicyclic) bond motifs is 9. The zero-order valence-electron chi connectivity index (χ0n) is 25.3. The monoisotopic (exact) mass is 617 g/mol. The molecule has 0 bridgehead atoms. The van der Waals surface area contributed by atoms with Crippen molar-refractivity contribution in [2.75, 3.05) is 0 Å². The number of rotatable bonds is 4. The SMILES string of the molecule is c1ccc(-n2c(-c3ccc(-c4ccc(-n5c6ccccc6c6ccccc65)cc4)s3)nc3c4ccccc4c4ccccc4c32)cc1. The van der Waals surface area contributed by atoms with Crippen molar-refractivity contribution in [2.45, 2.75) is 0 Å².